The van der Waals surface area contributed by atoms with Gasteiger partial charge in [0, 0.05) is 37.7 Å². The normalized spacial score (nSPS) is 11.4. The Hall–Kier alpha value is -6.04. The highest BCUT2D eigenvalue weighted by Gasteiger charge is 2.18. The van der Waals surface area contributed by atoms with Gasteiger partial charge in [0.2, 0.25) is 0 Å². The third-order valence-electron chi connectivity index (χ3n) is 8.53. The zero-order chi connectivity index (χ0) is 31.2. The molecule has 0 saturated heterocycles. The Bertz CT molecular complexity index is 2560. The van der Waals surface area contributed by atoms with Gasteiger partial charge in [0.15, 0.2) is 17.5 Å². The highest BCUT2D eigenvalue weighted by molar-refractivity contribution is 7.26. The largest absolute Gasteiger partial charge is 0.246 e. The van der Waals surface area contributed by atoms with Gasteiger partial charge in [0.05, 0.1) is 15.7 Å². The first-order valence-corrected chi connectivity index (χ1v) is 16.4. The van der Waals surface area contributed by atoms with Gasteiger partial charge in [-0.1, -0.05) is 140 Å². The third-order valence-corrected chi connectivity index (χ3v) is 9.71. The maximum atomic E-state index is 5.13. The zero-order valence-electron chi connectivity index (χ0n) is 25.2. The summed E-state index contributed by atoms with van der Waals surface area (Å²) < 4.78 is 2.41. The Morgan fingerprint density at radius 2 is 0.872 bits per heavy atom. The highest BCUT2D eigenvalue weighted by atomic mass is 32.1. The van der Waals surface area contributed by atoms with E-state index in [0.717, 1.165) is 44.2 Å². The molecular formula is C42H26N4S. The lowest BCUT2D eigenvalue weighted by Gasteiger charge is -2.12. The fourth-order valence-electron chi connectivity index (χ4n) is 6.23. The first kappa shape index (κ1) is 27.3. The van der Waals surface area contributed by atoms with Crippen LogP contribution in [0.5, 0.6) is 0 Å². The summed E-state index contributed by atoms with van der Waals surface area (Å²) in [5.74, 6) is 1.92. The van der Waals surface area contributed by atoms with Gasteiger partial charge in [-0.2, -0.15) is 0 Å². The third kappa shape index (κ3) is 4.94. The van der Waals surface area contributed by atoms with Crippen LogP contribution in [0.2, 0.25) is 0 Å². The number of hydrogen-bond donors (Lipinski definition) is 0. The highest BCUT2D eigenvalue weighted by Crippen LogP contribution is 2.43. The van der Waals surface area contributed by atoms with Crippen LogP contribution in [0.1, 0.15) is 0 Å². The monoisotopic (exact) mass is 618 g/mol. The first-order chi connectivity index (χ1) is 23.3. The maximum absolute atomic E-state index is 5.13. The summed E-state index contributed by atoms with van der Waals surface area (Å²) in [6, 6.07) is 54.4. The fourth-order valence-corrected chi connectivity index (χ4v) is 7.45. The van der Waals surface area contributed by atoms with Crippen molar-refractivity contribution < 1.29 is 0 Å². The number of benzene rings is 6. The number of pyridine rings is 1. The standard InChI is InChI=1S/C42H26N4S/c1-3-12-27(13-4-1)28-22-24-30(25-23-28)41-44-40(29-14-5-2-6-15-29)45-42(46-41)32-17-11-16-31(26-32)37-33-18-7-9-20-35(33)43-38-34-19-8-10-21-36(34)47-39(37)38/h1-26H. The lowest BCUT2D eigenvalue weighted by molar-refractivity contribution is 1.07. The van der Waals surface area contributed by atoms with Gasteiger partial charge in [-0.15, -0.1) is 11.3 Å². The van der Waals surface area contributed by atoms with E-state index >= 15 is 0 Å². The number of nitrogens with zero attached hydrogens (tertiary/aromatic N) is 4. The van der Waals surface area contributed by atoms with E-state index < -0.39 is 0 Å². The van der Waals surface area contributed by atoms with Crippen molar-refractivity contribution in [3.05, 3.63) is 158 Å². The number of fused-ring (bicyclic) bond motifs is 4. The van der Waals surface area contributed by atoms with Crippen LogP contribution in [-0.2, 0) is 0 Å². The fraction of sp³-hybridized carbons (Fsp3) is 0. The molecule has 0 aliphatic heterocycles. The Morgan fingerprint density at radius 1 is 0.362 bits per heavy atom. The molecule has 0 radical (unpaired) electrons. The van der Waals surface area contributed by atoms with Crippen LogP contribution in [0, 0.1) is 0 Å². The molecule has 9 aromatic rings. The molecular weight excluding hydrogens is 593 g/mol. The second-order valence-electron chi connectivity index (χ2n) is 11.5. The topological polar surface area (TPSA) is 51.6 Å². The summed E-state index contributed by atoms with van der Waals surface area (Å²) in [6.45, 7) is 0. The minimum Gasteiger partial charge on any atom is -0.246 e. The molecule has 5 heteroatoms. The van der Waals surface area contributed by atoms with Crippen molar-refractivity contribution >= 4 is 42.5 Å². The first-order valence-electron chi connectivity index (χ1n) is 15.6. The molecule has 0 saturated carbocycles. The number of para-hydroxylation sites is 1. The molecule has 0 spiro atoms. The molecule has 220 valence electrons. The average molecular weight is 619 g/mol. The Labute approximate surface area is 275 Å². The molecule has 47 heavy (non-hydrogen) atoms. The minimum atomic E-state index is 0.633. The van der Waals surface area contributed by atoms with Gasteiger partial charge in [0.25, 0.3) is 0 Å². The molecule has 3 heterocycles. The Morgan fingerprint density at radius 3 is 1.62 bits per heavy atom. The molecule has 0 amide bonds. The predicted molar refractivity (Wildman–Crippen MR) is 195 cm³/mol. The molecule has 0 aliphatic rings. The van der Waals surface area contributed by atoms with Gasteiger partial charge in [-0.05, 0) is 34.9 Å². The van der Waals surface area contributed by atoms with E-state index in [2.05, 4.69) is 121 Å². The molecule has 3 aromatic heterocycles. The van der Waals surface area contributed by atoms with Crippen LogP contribution in [0.3, 0.4) is 0 Å². The van der Waals surface area contributed by atoms with Crippen LogP contribution in [-0.4, -0.2) is 19.9 Å². The number of rotatable bonds is 5. The number of aromatic nitrogens is 4. The summed E-state index contributed by atoms with van der Waals surface area (Å²) >= 11 is 1.79. The van der Waals surface area contributed by atoms with Crippen molar-refractivity contribution in [2.24, 2.45) is 0 Å². The van der Waals surface area contributed by atoms with Crippen LogP contribution in [0.15, 0.2) is 158 Å². The quantitative estimate of drug-likeness (QED) is 0.193. The average Bonchev–Trinajstić information content (AvgIpc) is 3.52. The van der Waals surface area contributed by atoms with Crippen molar-refractivity contribution in [3.8, 4) is 56.4 Å². The summed E-state index contributed by atoms with van der Waals surface area (Å²) in [7, 11) is 0. The van der Waals surface area contributed by atoms with E-state index in [9.17, 15) is 0 Å². The van der Waals surface area contributed by atoms with Crippen molar-refractivity contribution in [2.45, 2.75) is 0 Å². The van der Waals surface area contributed by atoms with Crippen molar-refractivity contribution in [3.63, 3.8) is 0 Å². The molecule has 0 aliphatic carbocycles. The van der Waals surface area contributed by atoms with E-state index in [4.69, 9.17) is 19.9 Å². The van der Waals surface area contributed by atoms with Gasteiger partial charge in [-0.3, -0.25) is 0 Å². The summed E-state index contributed by atoms with van der Waals surface area (Å²) in [5, 5.41) is 2.31. The molecule has 0 unspecified atom stereocenters. The van der Waals surface area contributed by atoms with Gasteiger partial charge >= 0.3 is 0 Å². The van der Waals surface area contributed by atoms with Crippen molar-refractivity contribution in [2.75, 3.05) is 0 Å². The smallest absolute Gasteiger partial charge is 0.164 e. The molecule has 4 nitrogen and oxygen atoms in total. The molecule has 6 aromatic carbocycles. The maximum Gasteiger partial charge on any atom is 0.164 e. The number of thiophene rings is 1. The van der Waals surface area contributed by atoms with Gasteiger partial charge in [-0.25, -0.2) is 19.9 Å². The van der Waals surface area contributed by atoms with Crippen LogP contribution >= 0.6 is 11.3 Å². The Balaban J connectivity index is 1.22. The Kier molecular flexibility index (Phi) is 6.61. The van der Waals surface area contributed by atoms with E-state index in [1.807, 2.05) is 36.4 Å². The second kappa shape index (κ2) is 11.4. The lowest BCUT2D eigenvalue weighted by Crippen LogP contribution is -2.00. The summed E-state index contributed by atoms with van der Waals surface area (Å²) in [6.07, 6.45) is 0. The summed E-state index contributed by atoms with van der Waals surface area (Å²) in [5.41, 5.74) is 9.45. The van der Waals surface area contributed by atoms with E-state index in [1.54, 1.807) is 11.3 Å². The molecule has 9 rings (SSSR count). The second-order valence-corrected chi connectivity index (χ2v) is 12.5. The number of hydrogen-bond acceptors (Lipinski definition) is 5. The molecule has 0 bridgehead atoms. The van der Waals surface area contributed by atoms with Crippen LogP contribution < -0.4 is 0 Å². The van der Waals surface area contributed by atoms with E-state index in [0.29, 0.717) is 17.5 Å². The van der Waals surface area contributed by atoms with Crippen LogP contribution in [0.4, 0.5) is 0 Å². The molecule has 0 atom stereocenters. The minimum absolute atomic E-state index is 0.633. The van der Waals surface area contributed by atoms with Gasteiger partial charge in [0.1, 0.15) is 0 Å². The SMILES string of the molecule is c1ccc(-c2ccc(-c3nc(-c4ccccc4)nc(-c4cccc(-c5c6ccccc6nc6c5sc5ccccc56)c4)n3)cc2)cc1. The van der Waals surface area contributed by atoms with Crippen LogP contribution in [0.25, 0.3) is 87.6 Å². The lowest BCUT2D eigenvalue weighted by atomic mass is 9.98. The van der Waals surface area contributed by atoms with E-state index in [-0.39, 0.29) is 0 Å². The molecule has 0 fully saturated rings. The zero-order valence-corrected chi connectivity index (χ0v) is 26.0. The van der Waals surface area contributed by atoms with E-state index in [1.165, 1.54) is 25.9 Å². The summed E-state index contributed by atoms with van der Waals surface area (Å²) in [4.78, 5) is 20.2. The van der Waals surface area contributed by atoms with Gasteiger partial charge < -0.3 is 0 Å². The van der Waals surface area contributed by atoms with Crippen molar-refractivity contribution in [1.82, 2.24) is 19.9 Å². The predicted octanol–water partition coefficient (Wildman–Crippen LogP) is 11.1. The molecule has 0 N–H and O–H groups in total. The van der Waals surface area contributed by atoms with Crippen molar-refractivity contribution in [1.29, 1.82) is 0 Å².